The lowest BCUT2D eigenvalue weighted by molar-refractivity contribution is 0.393. The van der Waals surface area contributed by atoms with Crippen LogP contribution in [0.1, 0.15) is 11.1 Å². The van der Waals surface area contributed by atoms with Crippen LogP contribution in [0, 0.1) is 5.41 Å². The number of aryl methyl sites for hydroxylation is 4. The maximum atomic E-state index is 8.22. The van der Waals surface area contributed by atoms with Crippen LogP contribution < -0.4 is 49.1 Å². The highest BCUT2D eigenvalue weighted by atomic mass is 32.2. The van der Waals surface area contributed by atoms with Crippen molar-refractivity contribution >= 4 is 51.7 Å². The molecule has 4 N–H and O–H groups in total. The molecule has 20 heteroatoms. The third-order valence-electron chi connectivity index (χ3n) is 10.3. The molecule has 0 saturated heterocycles. The Balaban J connectivity index is 0.000000196. The van der Waals surface area contributed by atoms with Crippen LogP contribution >= 0.6 is 23.5 Å². The number of anilines is 1. The summed E-state index contributed by atoms with van der Waals surface area (Å²) in [4.78, 5) is 27.2. The molecule has 0 atom stereocenters. The summed E-state index contributed by atoms with van der Waals surface area (Å²) >= 11 is 2.86. The van der Waals surface area contributed by atoms with Crippen molar-refractivity contribution in [2.24, 2.45) is 0 Å². The first-order valence-electron chi connectivity index (χ1n) is 20.3. The number of nitrogens with one attached hydrogen (secondary N) is 2. The van der Waals surface area contributed by atoms with Crippen LogP contribution in [0.3, 0.4) is 0 Å². The summed E-state index contributed by atoms with van der Waals surface area (Å²) in [6, 6.07) is 22.8. The number of nitrogens with two attached hydrogens (primary N) is 1. The molecule has 8 aromatic rings. The zero-order valence-corrected chi connectivity index (χ0v) is 39.3. The minimum absolute atomic E-state index is 0.140. The molecule has 4 heterocycles. The number of nitrogens with zero attached hydrogens (tertiary/aromatic N) is 7. The molecule has 0 aliphatic carbocycles. The lowest BCUT2D eigenvalue weighted by atomic mass is 10.1. The first-order chi connectivity index (χ1) is 32.1. The fourth-order valence-corrected chi connectivity index (χ4v) is 8.80. The average molecular weight is 935 g/mol. The van der Waals surface area contributed by atoms with Crippen molar-refractivity contribution in [3.63, 3.8) is 0 Å². The van der Waals surface area contributed by atoms with Gasteiger partial charge in [-0.15, -0.1) is 0 Å². The Morgan fingerprint density at radius 3 is 1.64 bits per heavy atom. The fraction of sp³-hybridized carbons (Fsp3) is 0.261. The van der Waals surface area contributed by atoms with Crippen molar-refractivity contribution in [3.05, 3.63) is 102 Å². The lowest BCUT2D eigenvalue weighted by Crippen LogP contribution is -2.13. The second-order valence-corrected chi connectivity index (χ2v) is 16.2. The van der Waals surface area contributed by atoms with E-state index in [1.807, 2.05) is 81.9 Å². The summed E-state index contributed by atoms with van der Waals surface area (Å²) in [5.41, 5.74) is 10.8. The lowest BCUT2D eigenvalue weighted by Gasteiger charge is -2.12. The molecule has 0 saturated carbocycles. The Bertz CT molecular complexity index is 2970. The molecule has 0 radical (unpaired) electrons. The summed E-state index contributed by atoms with van der Waals surface area (Å²) < 4.78 is 47.2. The summed E-state index contributed by atoms with van der Waals surface area (Å²) in [5.74, 6) is 6.17. The highest BCUT2D eigenvalue weighted by molar-refractivity contribution is 7.99. The van der Waals surface area contributed by atoms with Crippen LogP contribution in [-0.4, -0.2) is 95.9 Å². The van der Waals surface area contributed by atoms with Gasteiger partial charge in [0.25, 0.3) is 0 Å². The predicted octanol–water partition coefficient (Wildman–Crippen LogP) is 7.50. The average Bonchev–Trinajstić information content (AvgIpc) is 3.95. The van der Waals surface area contributed by atoms with Gasteiger partial charge in [0, 0.05) is 25.2 Å². The van der Waals surface area contributed by atoms with Gasteiger partial charge < -0.3 is 57.7 Å². The molecule has 0 aliphatic rings. The molecule has 0 fully saturated rings. The summed E-state index contributed by atoms with van der Waals surface area (Å²) in [7, 11) is 13.0. The zero-order valence-electron chi connectivity index (χ0n) is 37.7. The Kier molecular flexibility index (Phi) is 15.3. The Morgan fingerprint density at radius 1 is 0.576 bits per heavy atom. The number of rotatable bonds is 18. The van der Waals surface area contributed by atoms with Gasteiger partial charge in [-0.1, -0.05) is 0 Å². The Labute approximate surface area is 389 Å². The molecule has 4 aromatic carbocycles. The van der Waals surface area contributed by atoms with Crippen molar-refractivity contribution in [2.75, 3.05) is 62.6 Å². The fourth-order valence-electron chi connectivity index (χ4n) is 6.83. The molecule has 0 unspecified atom stereocenters. The maximum absolute atomic E-state index is 8.22. The van der Waals surface area contributed by atoms with E-state index < -0.39 is 0 Å². The van der Waals surface area contributed by atoms with E-state index in [1.165, 1.54) is 29.9 Å². The van der Waals surface area contributed by atoms with Crippen LogP contribution in [0.2, 0.25) is 0 Å². The van der Waals surface area contributed by atoms with E-state index in [-0.39, 0.29) is 5.49 Å². The monoisotopic (exact) mass is 934 g/mol. The number of H-pyrrole nitrogens is 1. The van der Waals surface area contributed by atoms with Crippen molar-refractivity contribution in [1.82, 2.24) is 39.0 Å². The van der Waals surface area contributed by atoms with Crippen molar-refractivity contribution in [2.45, 2.75) is 46.0 Å². The number of nitrogen functional groups attached to an aromatic ring is 1. The van der Waals surface area contributed by atoms with Crippen LogP contribution in [0.5, 0.6) is 46.0 Å². The van der Waals surface area contributed by atoms with E-state index in [4.69, 9.17) is 59.0 Å². The van der Waals surface area contributed by atoms with Gasteiger partial charge in [0.05, 0.1) is 73.0 Å². The largest absolute Gasteiger partial charge is 0.497 e. The third-order valence-corrected chi connectivity index (χ3v) is 12.2. The minimum atomic E-state index is 0.140. The number of aromatic amines is 1. The van der Waals surface area contributed by atoms with Crippen molar-refractivity contribution in [1.29, 1.82) is 5.41 Å². The van der Waals surface area contributed by atoms with Gasteiger partial charge in [0.1, 0.15) is 57.8 Å². The number of methoxy groups -OCH3 is 8. The molecule has 4 aromatic heterocycles. The smallest absolute Gasteiger partial charge is 0.175 e. The van der Waals surface area contributed by atoms with Gasteiger partial charge in [-0.25, -0.2) is 24.9 Å². The van der Waals surface area contributed by atoms with Crippen LogP contribution in [0.25, 0.3) is 22.3 Å². The standard InChI is InChI=1S/2C23H25N5O4S/c1-29-15-5-6-18(32-4)19(12-15)33-23-26-20-21(24)25-13-28(22(20)27-23)8-7-14-9-16(30-2)11-17(10-14)31-3;1-29-15-5-6-18(32-4)19(12-15)33-23-27-20-21(24)25-13-26-22(20)28(23)8-7-14-9-16(30-2)11-17(10-14)31-3/h5-6,9-13,24H,7-8H2,1-4H3,(H,26,27);5-6,9-13H,7-8H2,1-4H3,(H2,24,25,26). The number of aromatic nitrogens is 8. The highest BCUT2D eigenvalue weighted by Gasteiger charge is 2.19. The second kappa shape index (κ2) is 21.6. The molecule has 0 aliphatic heterocycles. The predicted molar refractivity (Wildman–Crippen MR) is 251 cm³/mol. The van der Waals surface area contributed by atoms with Crippen molar-refractivity contribution < 1.29 is 37.9 Å². The molecule has 0 bridgehead atoms. The van der Waals surface area contributed by atoms with Gasteiger partial charge >= 0.3 is 0 Å². The number of hydrogen-bond donors (Lipinski definition) is 3. The number of ether oxygens (including phenoxy) is 8. The Morgan fingerprint density at radius 2 is 1.11 bits per heavy atom. The van der Waals surface area contributed by atoms with Crippen molar-refractivity contribution in [3.8, 4) is 46.0 Å². The highest BCUT2D eigenvalue weighted by Crippen LogP contribution is 2.39. The first kappa shape index (κ1) is 46.7. The van der Waals surface area contributed by atoms with E-state index in [0.29, 0.717) is 65.0 Å². The second-order valence-electron chi connectivity index (χ2n) is 14.2. The molecular formula is C46H50N10O8S2. The van der Waals surface area contributed by atoms with Crippen LogP contribution in [0.4, 0.5) is 5.82 Å². The first-order valence-corrected chi connectivity index (χ1v) is 21.9. The maximum Gasteiger partial charge on any atom is 0.175 e. The van der Waals surface area contributed by atoms with Gasteiger partial charge in [0.2, 0.25) is 0 Å². The molecule has 8 rings (SSSR count). The topological polar surface area (TPSA) is 214 Å². The number of imidazole rings is 2. The number of hydrogen-bond acceptors (Lipinski definition) is 17. The normalized spacial score (nSPS) is 10.9. The molecular weight excluding hydrogens is 885 g/mol. The quantitative estimate of drug-likeness (QED) is 0.0759. The van der Waals surface area contributed by atoms with Gasteiger partial charge in [-0.3, -0.25) is 5.41 Å². The van der Waals surface area contributed by atoms with E-state index in [1.54, 1.807) is 63.2 Å². The van der Waals surface area contributed by atoms with E-state index in [2.05, 4.69) is 19.9 Å². The summed E-state index contributed by atoms with van der Waals surface area (Å²) in [6.07, 6.45) is 4.51. The van der Waals surface area contributed by atoms with E-state index >= 15 is 0 Å². The molecule has 66 heavy (non-hydrogen) atoms. The summed E-state index contributed by atoms with van der Waals surface area (Å²) in [6.45, 7) is 1.23. The molecule has 0 amide bonds. The van der Waals surface area contributed by atoms with Gasteiger partial charge in [0.15, 0.2) is 38.4 Å². The number of benzene rings is 4. The van der Waals surface area contributed by atoms with Crippen LogP contribution in [0.15, 0.2) is 106 Å². The van der Waals surface area contributed by atoms with E-state index in [9.17, 15) is 0 Å². The molecule has 0 spiro atoms. The third kappa shape index (κ3) is 10.8. The Hall–Kier alpha value is -7.32. The summed E-state index contributed by atoms with van der Waals surface area (Å²) in [5, 5.41) is 9.57. The van der Waals surface area contributed by atoms with Gasteiger partial charge in [-0.05, 0) is 108 Å². The zero-order chi connectivity index (χ0) is 46.7. The molecule has 344 valence electrons. The SMILES string of the molecule is COc1cc(CCn2c(Sc3cc(OC)ccc3OC)nc3c(N)ncnc32)cc(OC)c1.COc1cc(CCn2cnc(=N)c3[nH]c(Sc4cc(OC)ccc4OC)nc32)cc(OC)c1. The number of fused-ring (bicyclic) bond motifs is 2. The van der Waals surface area contributed by atoms with Gasteiger partial charge in [-0.2, -0.15) is 0 Å². The van der Waals surface area contributed by atoms with E-state index in [0.717, 1.165) is 66.3 Å². The molecule has 18 nitrogen and oxygen atoms in total. The minimum Gasteiger partial charge on any atom is -0.497 e. The van der Waals surface area contributed by atoms with Crippen LogP contribution in [-0.2, 0) is 25.9 Å².